The van der Waals surface area contributed by atoms with Gasteiger partial charge in [0.25, 0.3) is 5.91 Å². The first-order chi connectivity index (χ1) is 7.73. The van der Waals surface area contributed by atoms with Crippen LogP contribution in [0.2, 0.25) is 0 Å². The van der Waals surface area contributed by atoms with Gasteiger partial charge in [0.05, 0.1) is 0 Å². The number of nitrogens with one attached hydrogen (secondary N) is 1. The third kappa shape index (κ3) is 4.61. The van der Waals surface area contributed by atoms with Crippen molar-refractivity contribution in [2.75, 3.05) is 12.0 Å². The summed E-state index contributed by atoms with van der Waals surface area (Å²) in [6.07, 6.45) is 1.92. The number of carboxylic acid groups (broad SMARTS) is 2. The lowest BCUT2D eigenvalue weighted by atomic mass is 10.1. The molecule has 0 aromatic rings. The van der Waals surface area contributed by atoms with Gasteiger partial charge in [-0.2, -0.15) is 11.8 Å². The van der Waals surface area contributed by atoms with E-state index in [1.54, 1.807) is 6.26 Å². The van der Waals surface area contributed by atoms with Gasteiger partial charge in [0.1, 0.15) is 6.04 Å². The minimum Gasteiger partial charge on any atom is -0.480 e. The second-order valence-electron chi connectivity index (χ2n) is 3.52. The molecule has 0 bridgehead atoms. The summed E-state index contributed by atoms with van der Waals surface area (Å²) in [5.41, 5.74) is -2.63. The average molecular weight is 265 g/mol. The highest BCUT2D eigenvalue weighted by atomic mass is 32.2. The van der Waals surface area contributed by atoms with Gasteiger partial charge in [0.2, 0.25) is 5.60 Å². The van der Waals surface area contributed by atoms with Gasteiger partial charge < -0.3 is 20.6 Å². The molecule has 98 valence electrons. The Bertz CT molecular complexity index is 317. The van der Waals surface area contributed by atoms with Gasteiger partial charge in [-0.3, -0.25) is 4.79 Å². The largest absolute Gasteiger partial charge is 0.480 e. The van der Waals surface area contributed by atoms with E-state index in [0.717, 1.165) is 6.92 Å². The summed E-state index contributed by atoms with van der Waals surface area (Å²) in [7, 11) is 0. The lowest BCUT2D eigenvalue weighted by Gasteiger charge is -2.20. The molecule has 7 nitrogen and oxygen atoms in total. The molecule has 2 atom stereocenters. The van der Waals surface area contributed by atoms with Crippen LogP contribution < -0.4 is 5.32 Å². The molecular weight excluding hydrogens is 250 g/mol. The molecule has 0 aromatic carbocycles. The highest BCUT2D eigenvalue weighted by molar-refractivity contribution is 7.98. The van der Waals surface area contributed by atoms with Crippen molar-refractivity contribution < 1.29 is 29.7 Å². The Morgan fingerprint density at radius 3 is 2.24 bits per heavy atom. The normalized spacial score (nSPS) is 15.7. The van der Waals surface area contributed by atoms with Crippen molar-refractivity contribution in [1.82, 2.24) is 5.32 Å². The Kier molecular flexibility index (Phi) is 5.97. The van der Waals surface area contributed by atoms with E-state index in [-0.39, 0.29) is 6.42 Å². The highest BCUT2D eigenvalue weighted by Gasteiger charge is 2.40. The molecule has 0 fully saturated rings. The fourth-order valence-electron chi connectivity index (χ4n) is 0.889. The molecule has 0 saturated heterocycles. The molecule has 1 amide bonds. The first-order valence-electron chi connectivity index (χ1n) is 4.72. The van der Waals surface area contributed by atoms with Gasteiger partial charge in [0.15, 0.2) is 0 Å². The molecule has 0 aliphatic heterocycles. The maximum absolute atomic E-state index is 11.4. The Morgan fingerprint density at radius 1 is 1.35 bits per heavy atom. The number of hydrogen-bond acceptors (Lipinski definition) is 5. The maximum atomic E-state index is 11.4. The zero-order valence-corrected chi connectivity index (χ0v) is 10.3. The van der Waals surface area contributed by atoms with E-state index in [1.165, 1.54) is 11.8 Å². The van der Waals surface area contributed by atoms with E-state index in [2.05, 4.69) is 0 Å². The summed E-state index contributed by atoms with van der Waals surface area (Å²) in [4.78, 5) is 32.7. The van der Waals surface area contributed by atoms with Crippen LogP contribution in [0.5, 0.6) is 0 Å². The first kappa shape index (κ1) is 15.7. The van der Waals surface area contributed by atoms with E-state index in [9.17, 15) is 19.5 Å². The Balaban J connectivity index is 4.61. The standard InChI is InChI=1S/C9H15NO6S/c1-9(16,8(14)15)7(13)10-5(6(11)12)3-4-17-2/h5,16H,3-4H2,1-2H3,(H,10,13)(H,11,12)(H,14,15). The van der Waals surface area contributed by atoms with Gasteiger partial charge in [0, 0.05) is 0 Å². The molecule has 8 heteroatoms. The van der Waals surface area contributed by atoms with Crippen molar-refractivity contribution in [1.29, 1.82) is 0 Å². The van der Waals surface area contributed by atoms with Gasteiger partial charge in [-0.1, -0.05) is 0 Å². The molecule has 0 radical (unpaired) electrons. The van der Waals surface area contributed by atoms with Gasteiger partial charge in [-0.25, -0.2) is 9.59 Å². The third-order valence-corrected chi connectivity index (χ3v) is 2.72. The van der Waals surface area contributed by atoms with Crippen LogP contribution in [0.1, 0.15) is 13.3 Å². The quantitative estimate of drug-likeness (QED) is 0.442. The molecule has 0 heterocycles. The minimum atomic E-state index is -2.63. The van der Waals surface area contributed by atoms with Crippen molar-refractivity contribution in [3.63, 3.8) is 0 Å². The Labute approximate surface area is 102 Å². The van der Waals surface area contributed by atoms with Crippen LogP contribution in [-0.4, -0.2) is 56.8 Å². The number of hydrogen-bond donors (Lipinski definition) is 4. The molecule has 0 rings (SSSR count). The number of carbonyl (C=O) groups excluding carboxylic acids is 1. The van der Waals surface area contributed by atoms with E-state index >= 15 is 0 Å². The Morgan fingerprint density at radius 2 is 1.88 bits per heavy atom. The number of aliphatic hydroxyl groups is 1. The van der Waals surface area contributed by atoms with E-state index < -0.39 is 29.5 Å². The number of thioether (sulfide) groups is 1. The van der Waals surface area contributed by atoms with E-state index in [1.807, 2.05) is 5.32 Å². The molecule has 17 heavy (non-hydrogen) atoms. The summed E-state index contributed by atoms with van der Waals surface area (Å²) in [5.74, 6) is -3.75. The number of aliphatic carboxylic acids is 2. The SMILES string of the molecule is CSCCC(NC(=O)C(C)(O)C(=O)O)C(=O)O. The minimum absolute atomic E-state index is 0.151. The summed E-state index contributed by atoms with van der Waals surface area (Å²) in [6, 6.07) is -1.21. The molecule has 2 unspecified atom stereocenters. The van der Waals surface area contributed by atoms with Crippen LogP contribution in [0.4, 0.5) is 0 Å². The van der Waals surface area contributed by atoms with Crippen LogP contribution in [0.3, 0.4) is 0 Å². The summed E-state index contributed by atoms with van der Waals surface area (Å²) in [5, 5.41) is 28.7. The lowest BCUT2D eigenvalue weighted by molar-refractivity contribution is -0.165. The molecule has 0 aliphatic rings. The summed E-state index contributed by atoms with van der Waals surface area (Å²) in [6.45, 7) is 0.790. The van der Waals surface area contributed by atoms with Crippen molar-refractivity contribution in [2.45, 2.75) is 25.0 Å². The number of carbonyl (C=O) groups is 3. The third-order valence-electron chi connectivity index (χ3n) is 2.07. The summed E-state index contributed by atoms with van der Waals surface area (Å²) < 4.78 is 0. The molecular formula is C9H15NO6S. The summed E-state index contributed by atoms with van der Waals surface area (Å²) >= 11 is 1.39. The van der Waals surface area contributed by atoms with Crippen LogP contribution in [-0.2, 0) is 14.4 Å². The molecule has 0 aliphatic carbocycles. The van der Waals surface area contributed by atoms with Crippen molar-refractivity contribution >= 4 is 29.6 Å². The smallest absolute Gasteiger partial charge is 0.345 e. The molecule has 0 spiro atoms. The van der Waals surface area contributed by atoms with Gasteiger partial charge >= 0.3 is 11.9 Å². The van der Waals surface area contributed by atoms with E-state index in [4.69, 9.17) is 10.2 Å². The van der Waals surface area contributed by atoms with Crippen LogP contribution >= 0.6 is 11.8 Å². The van der Waals surface area contributed by atoms with Crippen LogP contribution in [0.15, 0.2) is 0 Å². The topological polar surface area (TPSA) is 124 Å². The monoisotopic (exact) mass is 265 g/mol. The predicted octanol–water partition coefficient (Wildman–Crippen LogP) is -0.855. The van der Waals surface area contributed by atoms with Gasteiger partial charge in [-0.15, -0.1) is 0 Å². The lowest BCUT2D eigenvalue weighted by Crippen LogP contribution is -2.54. The Hall–Kier alpha value is -1.28. The molecule has 4 N–H and O–H groups in total. The predicted molar refractivity (Wildman–Crippen MR) is 60.8 cm³/mol. The number of rotatable bonds is 7. The molecule has 0 aromatic heterocycles. The van der Waals surface area contributed by atoms with Crippen molar-refractivity contribution in [3.05, 3.63) is 0 Å². The van der Waals surface area contributed by atoms with E-state index in [0.29, 0.717) is 5.75 Å². The van der Waals surface area contributed by atoms with Crippen molar-refractivity contribution in [3.8, 4) is 0 Å². The molecule has 0 saturated carbocycles. The highest BCUT2D eigenvalue weighted by Crippen LogP contribution is 2.06. The van der Waals surface area contributed by atoms with Gasteiger partial charge in [-0.05, 0) is 25.4 Å². The average Bonchev–Trinajstić information content (AvgIpc) is 2.22. The fraction of sp³-hybridized carbons (Fsp3) is 0.667. The fourth-order valence-corrected chi connectivity index (χ4v) is 1.36. The van der Waals surface area contributed by atoms with Crippen LogP contribution in [0.25, 0.3) is 0 Å². The maximum Gasteiger partial charge on any atom is 0.345 e. The number of amides is 1. The van der Waals surface area contributed by atoms with Crippen molar-refractivity contribution in [2.24, 2.45) is 0 Å². The first-order valence-corrected chi connectivity index (χ1v) is 6.11. The zero-order valence-electron chi connectivity index (χ0n) is 9.47. The zero-order chi connectivity index (χ0) is 13.6. The second kappa shape index (κ2) is 6.45. The van der Waals surface area contributed by atoms with Crippen LogP contribution in [0, 0.1) is 0 Å². The number of carboxylic acids is 2. The second-order valence-corrected chi connectivity index (χ2v) is 4.51.